The van der Waals surface area contributed by atoms with Crippen molar-refractivity contribution in [3.05, 3.63) is 82.8 Å². The van der Waals surface area contributed by atoms with Crippen LogP contribution >= 0.6 is 0 Å². The molecule has 0 saturated heterocycles. The molecule has 0 radical (unpaired) electrons. The molecule has 0 saturated carbocycles. The van der Waals surface area contributed by atoms with Crippen LogP contribution in [0.4, 0.5) is 11.5 Å². The van der Waals surface area contributed by atoms with Gasteiger partial charge in [0.1, 0.15) is 5.82 Å². The van der Waals surface area contributed by atoms with Crippen LogP contribution in [0.25, 0.3) is 5.78 Å². The van der Waals surface area contributed by atoms with Gasteiger partial charge >= 0.3 is 0 Å². The van der Waals surface area contributed by atoms with E-state index in [1.165, 1.54) is 16.7 Å². The van der Waals surface area contributed by atoms with Crippen LogP contribution in [0.5, 0.6) is 0 Å². The van der Waals surface area contributed by atoms with E-state index in [0.29, 0.717) is 12.2 Å². The Morgan fingerprint density at radius 3 is 2.35 bits per heavy atom. The fourth-order valence-corrected chi connectivity index (χ4v) is 3.11. The second kappa shape index (κ2) is 6.59. The van der Waals surface area contributed by atoms with Crippen molar-refractivity contribution in [3.8, 4) is 0 Å². The van der Waals surface area contributed by atoms with E-state index in [1.54, 1.807) is 4.52 Å². The number of nitrogens with zero attached hydrogens (tertiary/aromatic N) is 4. The van der Waals surface area contributed by atoms with Crippen molar-refractivity contribution in [2.24, 2.45) is 0 Å². The van der Waals surface area contributed by atoms with Crippen molar-refractivity contribution in [3.63, 3.8) is 0 Å². The minimum absolute atomic E-state index is 0.615. The van der Waals surface area contributed by atoms with Crippen LogP contribution in [0.3, 0.4) is 0 Å². The van der Waals surface area contributed by atoms with Crippen molar-refractivity contribution in [2.45, 2.75) is 27.2 Å². The molecule has 0 spiro atoms. The molecule has 0 bridgehead atoms. The van der Waals surface area contributed by atoms with Crippen LogP contribution in [0.1, 0.15) is 28.2 Å². The molecule has 0 aliphatic carbocycles. The number of rotatable bonds is 4. The highest BCUT2D eigenvalue weighted by molar-refractivity contribution is 5.65. The van der Waals surface area contributed by atoms with Gasteiger partial charge < -0.3 is 5.32 Å². The third-order valence-electron chi connectivity index (χ3n) is 4.42. The number of aryl methyl sites for hydroxylation is 3. The predicted octanol–water partition coefficient (Wildman–Crippen LogP) is 4.38. The van der Waals surface area contributed by atoms with Crippen LogP contribution in [0, 0.1) is 20.8 Å². The van der Waals surface area contributed by atoms with E-state index in [1.807, 2.05) is 31.2 Å². The molecule has 5 heteroatoms. The number of fused-ring (bicyclic) bond motifs is 1. The fraction of sp³-hybridized carbons (Fsp3) is 0.190. The molecule has 2 aromatic carbocycles. The Hall–Kier alpha value is -3.21. The number of hydrogen-bond donors (Lipinski definition) is 1. The van der Waals surface area contributed by atoms with Crippen molar-refractivity contribution in [2.75, 3.05) is 5.32 Å². The topological polar surface area (TPSA) is 55.1 Å². The Labute approximate surface area is 152 Å². The molecule has 26 heavy (non-hydrogen) atoms. The molecule has 4 rings (SSSR count). The number of para-hydroxylation sites is 1. The van der Waals surface area contributed by atoms with Crippen molar-refractivity contribution in [1.29, 1.82) is 0 Å². The van der Waals surface area contributed by atoms with Gasteiger partial charge in [0.25, 0.3) is 5.78 Å². The zero-order valence-electron chi connectivity index (χ0n) is 15.2. The monoisotopic (exact) mass is 343 g/mol. The third kappa shape index (κ3) is 3.16. The molecule has 130 valence electrons. The van der Waals surface area contributed by atoms with Gasteiger partial charge in [0.05, 0.1) is 0 Å². The van der Waals surface area contributed by atoms with E-state index in [2.05, 4.69) is 64.6 Å². The number of hydrogen-bond acceptors (Lipinski definition) is 4. The summed E-state index contributed by atoms with van der Waals surface area (Å²) in [6.07, 6.45) is 0.687. The standard InChI is InChI=1S/C21H21N5/c1-14-8-7-9-15(2)20(14)24-19-12-16(3)22-21-23-18(25-26(19)21)13-17-10-5-4-6-11-17/h4-12,24H,13H2,1-3H3. The van der Waals surface area contributed by atoms with Crippen molar-refractivity contribution >= 4 is 17.3 Å². The molecule has 0 atom stereocenters. The lowest BCUT2D eigenvalue weighted by Crippen LogP contribution is -2.05. The third-order valence-corrected chi connectivity index (χ3v) is 4.42. The molecular formula is C21H21N5. The van der Waals surface area contributed by atoms with Crippen LogP contribution in [-0.2, 0) is 6.42 Å². The molecule has 0 aliphatic rings. The summed E-state index contributed by atoms with van der Waals surface area (Å²) < 4.78 is 1.79. The first-order valence-corrected chi connectivity index (χ1v) is 8.70. The number of anilines is 2. The SMILES string of the molecule is Cc1cc(Nc2c(C)cccc2C)n2nc(Cc3ccccc3)nc2n1. The van der Waals surface area contributed by atoms with E-state index < -0.39 is 0 Å². The molecule has 1 N–H and O–H groups in total. The highest BCUT2D eigenvalue weighted by Gasteiger charge is 2.12. The first-order valence-electron chi connectivity index (χ1n) is 8.70. The lowest BCUT2D eigenvalue weighted by molar-refractivity contribution is 0.893. The zero-order valence-corrected chi connectivity index (χ0v) is 15.2. The molecule has 0 fully saturated rings. The maximum absolute atomic E-state index is 4.69. The minimum Gasteiger partial charge on any atom is -0.340 e. The summed E-state index contributed by atoms with van der Waals surface area (Å²) in [4.78, 5) is 9.15. The molecule has 2 aromatic heterocycles. The minimum atomic E-state index is 0.615. The van der Waals surface area contributed by atoms with E-state index in [9.17, 15) is 0 Å². The summed E-state index contributed by atoms with van der Waals surface area (Å²) in [6, 6.07) is 18.5. The molecule has 0 amide bonds. The number of aromatic nitrogens is 4. The van der Waals surface area contributed by atoms with Crippen LogP contribution in [-0.4, -0.2) is 19.6 Å². The summed E-state index contributed by atoms with van der Waals surface area (Å²) >= 11 is 0. The molecule has 0 unspecified atom stereocenters. The molecule has 4 aromatic rings. The second-order valence-electron chi connectivity index (χ2n) is 6.58. The summed E-state index contributed by atoms with van der Waals surface area (Å²) in [5, 5.41) is 8.21. The van der Waals surface area contributed by atoms with Gasteiger partial charge in [-0.05, 0) is 37.5 Å². The van der Waals surface area contributed by atoms with E-state index in [0.717, 1.165) is 23.0 Å². The van der Waals surface area contributed by atoms with Gasteiger partial charge in [-0.15, -0.1) is 5.10 Å². The summed E-state index contributed by atoms with van der Waals surface area (Å²) in [5.74, 6) is 2.25. The van der Waals surface area contributed by atoms with Gasteiger partial charge in [0.2, 0.25) is 0 Å². The van der Waals surface area contributed by atoms with E-state index in [-0.39, 0.29) is 0 Å². The summed E-state index contributed by atoms with van der Waals surface area (Å²) in [6.45, 7) is 6.17. The van der Waals surface area contributed by atoms with E-state index >= 15 is 0 Å². The number of benzene rings is 2. The Kier molecular flexibility index (Phi) is 4.13. The van der Waals surface area contributed by atoms with Gasteiger partial charge in [-0.1, -0.05) is 48.5 Å². The second-order valence-corrected chi connectivity index (χ2v) is 6.58. The highest BCUT2D eigenvalue weighted by Crippen LogP contribution is 2.25. The lowest BCUT2D eigenvalue weighted by Gasteiger charge is -2.13. The Morgan fingerprint density at radius 1 is 0.885 bits per heavy atom. The Balaban J connectivity index is 1.75. The number of nitrogens with one attached hydrogen (secondary N) is 1. The average Bonchev–Trinajstić information content (AvgIpc) is 3.01. The fourth-order valence-electron chi connectivity index (χ4n) is 3.11. The molecular weight excluding hydrogens is 322 g/mol. The van der Waals surface area contributed by atoms with E-state index in [4.69, 9.17) is 0 Å². The summed E-state index contributed by atoms with van der Waals surface area (Å²) in [5.41, 5.74) is 5.57. The van der Waals surface area contributed by atoms with Crippen molar-refractivity contribution < 1.29 is 0 Å². The van der Waals surface area contributed by atoms with Crippen molar-refractivity contribution in [1.82, 2.24) is 19.6 Å². The van der Waals surface area contributed by atoms with Crippen LogP contribution < -0.4 is 5.32 Å². The normalized spacial score (nSPS) is 11.0. The molecule has 5 nitrogen and oxygen atoms in total. The van der Waals surface area contributed by atoms with Gasteiger partial charge in [-0.3, -0.25) is 0 Å². The maximum atomic E-state index is 4.69. The van der Waals surface area contributed by atoms with Crippen LogP contribution in [0.15, 0.2) is 54.6 Å². The zero-order chi connectivity index (χ0) is 18.1. The largest absolute Gasteiger partial charge is 0.340 e. The Bertz CT molecular complexity index is 1050. The predicted molar refractivity (Wildman–Crippen MR) is 104 cm³/mol. The molecule has 0 aliphatic heterocycles. The maximum Gasteiger partial charge on any atom is 0.254 e. The average molecular weight is 343 g/mol. The molecule has 2 heterocycles. The van der Waals surface area contributed by atoms with Gasteiger partial charge in [0, 0.05) is 23.9 Å². The van der Waals surface area contributed by atoms with Gasteiger partial charge in [0.15, 0.2) is 5.82 Å². The quantitative estimate of drug-likeness (QED) is 0.597. The lowest BCUT2D eigenvalue weighted by atomic mass is 10.1. The first kappa shape index (κ1) is 16.3. The first-order chi connectivity index (χ1) is 12.6. The smallest absolute Gasteiger partial charge is 0.254 e. The Morgan fingerprint density at radius 2 is 1.62 bits per heavy atom. The van der Waals surface area contributed by atoms with Gasteiger partial charge in [-0.2, -0.15) is 9.50 Å². The van der Waals surface area contributed by atoms with Crippen LogP contribution in [0.2, 0.25) is 0 Å². The summed E-state index contributed by atoms with van der Waals surface area (Å²) in [7, 11) is 0. The highest BCUT2D eigenvalue weighted by atomic mass is 15.4. The van der Waals surface area contributed by atoms with Gasteiger partial charge in [-0.25, -0.2) is 4.98 Å².